The van der Waals surface area contributed by atoms with E-state index in [2.05, 4.69) is 37.4 Å². The van der Waals surface area contributed by atoms with Crippen molar-refractivity contribution in [2.45, 2.75) is 57.7 Å². The summed E-state index contributed by atoms with van der Waals surface area (Å²) >= 11 is 0. The third-order valence-electron chi connectivity index (χ3n) is 8.41. The number of amidine groups is 2. The molecular formula is C35H49FN8O7. The smallest absolute Gasteiger partial charge is 0.211 e. The molecule has 6 N–H and O–H groups in total. The highest BCUT2D eigenvalue weighted by molar-refractivity contribution is 6.11. The molecule has 0 aliphatic carbocycles. The van der Waals surface area contributed by atoms with Gasteiger partial charge in [0.25, 0.3) is 0 Å². The molecule has 3 unspecified atom stereocenters. The van der Waals surface area contributed by atoms with Crippen LogP contribution in [0, 0.1) is 0 Å². The lowest BCUT2D eigenvalue weighted by molar-refractivity contribution is -0.119. The van der Waals surface area contributed by atoms with Crippen LogP contribution >= 0.6 is 0 Å². The van der Waals surface area contributed by atoms with Gasteiger partial charge >= 0.3 is 0 Å². The van der Waals surface area contributed by atoms with Crippen molar-refractivity contribution in [3.63, 3.8) is 0 Å². The maximum atomic E-state index is 14.1. The van der Waals surface area contributed by atoms with Crippen LogP contribution in [0.3, 0.4) is 0 Å². The number of alkyl halides is 1. The standard InChI is InChI=1S/C24H31N5O4.C11H18FN3O3/c1-17(2)20-12-21(23(33)13-22(20)32)24(26-25-3)29(16-31)19-6-4-18(5-7-19)14-27-8-10-28(15-30)11-9-27;1-11(12)5-8(6-16)18-10(11)15-9(13-2)3-4-14-7-17/h4-7,12-13,15,17,31-33H,3,8-11,14,16H2,1-2H3;3-4,7-8,10,16H,5-6H2,1-2H3,(H,13,15)(H,14,17)/b26-24-;4-3-. The van der Waals surface area contributed by atoms with Crippen molar-refractivity contribution in [3.8, 4) is 11.5 Å². The number of benzene rings is 2. The van der Waals surface area contributed by atoms with Gasteiger partial charge in [-0.3, -0.25) is 19.5 Å². The maximum Gasteiger partial charge on any atom is 0.211 e. The first-order chi connectivity index (χ1) is 24.4. The summed E-state index contributed by atoms with van der Waals surface area (Å²) < 4.78 is 19.5. The van der Waals surface area contributed by atoms with Gasteiger partial charge in [-0.25, -0.2) is 4.39 Å². The Hall–Kier alpha value is -4.90. The average Bonchev–Trinajstić information content (AvgIpc) is 3.41. The highest BCUT2D eigenvalue weighted by Crippen LogP contribution is 2.34. The summed E-state index contributed by atoms with van der Waals surface area (Å²) in [5.41, 5.74) is 1.14. The Morgan fingerprint density at radius 3 is 2.35 bits per heavy atom. The highest BCUT2D eigenvalue weighted by atomic mass is 19.1. The first-order valence-corrected chi connectivity index (χ1v) is 16.4. The van der Waals surface area contributed by atoms with E-state index >= 15 is 0 Å². The van der Waals surface area contributed by atoms with Gasteiger partial charge in [0.05, 0.1) is 18.3 Å². The number of rotatable bonds is 13. The molecular weight excluding hydrogens is 663 g/mol. The summed E-state index contributed by atoms with van der Waals surface area (Å²) in [6, 6.07) is 10.6. The number of aliphatic hydroxyl groups is 2. The topological polar surface area (TPSA) is 195 Å². The number of nitrogens with one attached hydrogen (secondary N) is 2. The fourth-order valence-corrected chi connectivity index (χ4v) is 5.61. The second-order valence-electron chi connectivity index (χ2n) is 12.5. The highest BCUT2D eigenvalue weighted by Gasteiger charge is 2.45. The number of carbonyl (C=O) groups is 2. The molecule has 0 aromatic heterocycles. The molecule has 2 aromatic carbocycles. The Morgan fingerprint density at radius 2 is 1.82 bits per heavy atom. The second-order valence-corrected chi connectivity index (χ2v) is 12.5. The summed E-state index contributed by atoms with van der Waals surface area (Å²) in [5, 5.41) is 52.6. The minimum absolute atomic E-state index is 0.00830. The normalized spacial score (nSPS) is 21.3. The van der Waals surface area contributed by atoms with E-state index in [1.54, 1.807) is 11.0 Å². The number of phenols is 2. The number of carbonyl (C=O) groups excluding carboxylic acids is 2. The van der Waals surface area contributed by atoms with Crippen molar-refractivity contribution >= 4 is 36.9 Å². The molecule has 15 nitrogen and oxygen atoms in total. The van der Waals surface area contributed by atoms with Gasteiger partial charge in [0.2, 0.25) is 12.8 Å². The average molecular weight is 713 g/mol. The third kappa shape index (κ3) is 11.3. The number of hydrogen-bond acceptors (Lipinski definition) is 11. The number of nitrogens with zero attached hydrogens (tertiary/aromatic N) is 6. The maximum absolute atomic E-state index is 14.1. The molecule has 2 heterocycles. The summed E-state index contributed by atoms with van der Waals surface area (Å²) in [4.78, 5) is 30.4. The van der Waals surface area contributed by atoms with E-state index in [1.807, 2.05) is 38.1 Å². The van der Waals surface area contributed by atoms with Gasteiger partial charge in [-0.05, 0) is 48.2 Å². The molecule has 51 heavy (non-hydrogen) atoms. The predicted octanol–water partition coefficient (Wildman–Crippen LogP) is 2.01. The first-order valence-electron chi connectivity index (χ1n) is 16.4. The van der Waals surface area contributed by atoms with E-state index in [4.69, 9.17) is 9.84 Å². The Labute approximate surface area is 297 Å². The molecule has 4 rings (SSSR count). The van der Waals surface area contributed by atoms with Gasteiger partial charge < -0.3 is 45.6 Å². The molecule has 2 amide bonds. The number of hydrogen-bond donors (Lipinski definition) is 6. The van der Waals surface area contributed by atoms with Crippen LogP contribution in [0.2, 0.25) is 0 Å². The number of amides is 2. The number of anilines is 1. The number of phenolic OH excluding ortho intramolecular Hbond substituents is 2. The number of piperazine rings is 1. The van der Waals surface area contributed by atoms with Crippen molar-refractivity contribution < 1.29 is 39.1 Å². The number of aliphatic hydroxyl groups excluding tert-OH is 2. The van der Waals surface area contributed by atoms with Crippen molar-refractivity contribution in [1.29, 1.82) is 0 Å². The first kappa shape index (κ1) is 40.5. The van der Waals surface area contributed by atoms with Gasteiger partial charge in [-0.2, -0.15) is 5.10 Å². The van der Waals surface area contributed by atoms with E-state index in [9.17, 15) is 29.3 Å². The molecule has 278 valence electrons. The summed E-state index contributed by atoms with van der Waals surface area (Å²) in [6.07, 6.45) is 2.98. The molecule has 0 spiro atoms. The Bertz CT molecular complexity index is 1540. The number of aliphatic imine (C=N–C) groups is 1. The Kier molecular flexibility index (Phi) is 15.5. The zero-order valence-corrected chi connectivity index (χ0v) is 29.4. The van der Waals surface area contributed by atoms with E-state index in [1.165, 1.54) is 37.2 Å². The molecule has 16 heteroatoms. The summed E-state index contributed by atoms with van der Waals surface area (Å²) in [7, 11) is 1.53. The third-order valence-corrected chi connectivity index (χ3v) is 8.41. The van der Waals surface area contributed by atoms with Crippen LogP contribution in [-0.2, 0) is 20.9 Å². The van der Waals surface area contributed by atoms with Gasteiger partial charge in [-0.1, -0.05) is 26.0 Å². The van der Waals surface area contributed by atoms with E-state index in [0.717, 1.165) is 44.7 Å². The van der Waals surface area contributed by atoms with Crippen LogP contribution in [-0.4, -0.2) is 126 Å². The van der Waals surface area contributed by atoms with Crippen LogP contribution in [0.1, 0.15) is 49.8 Å². The molecule has 0 radical (unpaired) electrons. The predicted molar refractivity (Wildman–Crippen MR) is 194 cm³/mol. The zero-order chi connectivity index (χ0) is 37.6. The Balaban J connectivity index is 0.000000330. The van der Waals surface area contributed by atoms with Crippen molar-refractivity contribution in [3.05, 3.63) is 65.4 Å². The van der Waals surface area contributed by atoms with Crippen molar-refractivity contribution in [2.75, 3.05) is 51.5 Å². The van der Waals surface area contributed by atoms with Crippen molar-refractivity contribution in [1.82, 2.24) is 20.4 Å². The molecule has 0 saturated carbocycles. The SMILES string of the molecule is C=N/N=C(/c1cc(C(C)C)c(O)cc1O)N(CO)c1ccc(CN2CCN(C=O)CC2)cc1.CN=C(/C=C\NC=O)NC1OC(CO)CC1(C)F. The molecule has 2 saturated heterocycles. The monoisotopic (exact) mass is 712 g/mol. The minimum Gasteiger partial charge on any atom is -0.508 e. The lowest BCUT2D eigenvalue weighted by Crippen LogP contribution is -2.45. The van der Waals surface area contributed by atoms with E-state index in [-0.39, 0.29) is 36.3 Å². The van der Waals surface area contributed by atoms with Gasteiger partial charge in [0.15, 0.2) is 17.7 Å². The molecule has 2 aromatic rings. The molecule has 2 fully saturated rings. The molecule has 3 atom stereocenters. The van der Waals surface area contributed by atoms with Gasteiger partial charge in [-0.15, -0.1) is 5.10 Å². The van der Waals surface area contributed by atoms with E-state index in [0.29, 0.717) is 29.1 Å². The van der Waals surface area contributed by atoms with Crippen LogP contribution in [0.5, 0.6) is 11.5 Å². The summed E-state index contributed by atoms with van der Waals surface area (Å²) in [6.45, 7) is 11.9. The van der Waals surface area contributed by atoms with Crippen molar-refractivity contribution in [2.24, 2.45) is 15.2 Å². The van der Waals surface area contributed by atoms with Crippen LogP contribution in [0.25, 0.3) is 0 Å². The van der Waals surface area contributed by atoms with Crippen LogP contribution in [0.15, 0.2) is 63.9 Å². The lowest BCUT2D eigenvalue weighted by Gasteiger charge is -2.32. The van der Waals surface area contributed by atoms with Crippen LogP contribution < -0.4 is 15.5 Å². The Morgan fingerprint density at radius 1 is 1.14 bits per heavy atom. The number of ether oxygens (including phenoxy) is 1. The number of halogens is 1. The molecule has 0 bridgehead atoms. The lowest BCUT2D eigenvalue weighted by atomic mass is 9.98. The second kappa shape index (κ2) is 19.5. The minimum atomic E-state index is -1.59. The fourth-order valence-electron chi connectivity index (χ4n) is 5.61. The largest absolute Gasteiger partial charge is 0.508 e. The summed E-state index contributed by atoms with van der Waals surface area (Å²) in [5.74, 6) is 0.411. The van der Waals surface area contributed by atoms with Gasteiger partial charge in [0, 0.05) is 70.9 Å². The molecule has 2 aliphatic heterocycles. The fraction of sp³-hybridized carbons (Fsp3) is 0.457. The zero-order valence-electron chi connectivity index (χ0n) is 29.4. The number of aromatic hydroxyl groups is 2. The van der Waals surface area contributed by atoms with Gasteiger partial charge in [0.1, 0.15) is 24.1 Å². The molecule has 2 aliphatic rings. The van der Waals surface area contributed by atoms with E-state index < -0.39 is 24.7 Å². The quantitative estimate of drug-likeness (QED) is 0.0588. The van der Waals surface area contributed by atoms with Crippen LogP contribution in [0.4, 0.5) is 10.1 Å².